The molecule has 2 aliphatic rings. The molecule has 0 unspecified atom stereocenters. The highest BCUT2D eigenvalue weighted by Gasteiger charge is 2.32. The first-order chi connectivity index (χ1) is 16.5. The standard InChI is InChI=1S/C26H33N5O3/c1-2-29-17-27-24-23(29)25(33)31(26(34)30(24)15-18-8-4-3-5-9-18)16-22(32)28-21-13-12-19-10-6-7-11-20(19)14-21/h3-5,8-9,17,19-21H,2,6-7,10-16H2,1H3,(H,28,32)/t19-,20+,21-/m1/s1. The fraction of sp³-hybridized carbons (Fsp3) is 0.538. The van der Waals surface area contributed by atoms with Gasteiger partial charge >= 0.3 is 5.69 Å². The molecule has 0 saturated heterocycles. The average molecular weight is 464 g/mol. The summed E-state index contributed by atoms with van der Waals surface area (Å²) in [5.41, 5.74) is 0.668. The number of nitrogens with zero attached hydrogens (tertiary/aromatic N) is 4. The molecule has 2 heterocycles. The summed E-state index contributed by atoms with van der Waals surface area (Å²) >= 11 is 0. The van der Waals surface area contributed by atoms with Gasteiger partial charge in [0.05, 0.1) is 12.9 Å². The highest BCUT2D eigenvalue weighted by Crippen LogP contribution is 2.40. The summed E-state index contributed by atoms with van der Waals surface area (Å²) in [7, 11) is 0. The lowest BCUT2D eigenvalue weighted by Crippen LogP contribution is -2.47. The van der Waals surface area contributed by atoms with Gasteiger partial charge in [0.1, 0.15) is 6.54 Å². The van der Waals surface area contributed by atoms with E-state index in [4.69, 9.17) is 0 Å². The molecule has 1 N–H and O–H groups in total. The van der Waals surface area contributed by atoms with Crippen LogP contribution >= 0.6 is 0 Å². The van der Waals surface area contributed by atoms with Gasteiger partial charge < -0.3 is 9.88 Å². The highest BCUT2D eigenvalue weighted by molar-refractivity contribution is 5.77. The second-order valence-electron chi connectivity index (χ2n) is 9.83. The summed E-state index contributed by atoms with van der Waals surface area (Å²) in [6, 6.07) is 9.72. The van der Waals surface area contributed by atoms with Crippen molar-refractivity contribution in [2.75, 3.05) is 0 Å². The fourth-order valence-electron chi connectivity index (χ4n) is 5.95. The number of amides is 1. The molecule has 1 amide bonds. The number of hydrogen-bond acceptors (Lipinski definition) is 4. The lowest BCUT2D eigenvalue weighted by molar-refractivity contribution is -0.123. The molecule has 3 atom stereocenters. The Morgan fingerprint density at radius 3 is 2.56 bits per heavy atom. The summed E-state index contributed by atoms with van der Waals surface area (Å²) in [5.74, 6) is 1.21. The molecular weight excluding hydrogens is 430 g/mol. The minimum atomic E-state index is -0.506. The maximum atomic E-state index is 13.4. The van der Waals surface area contributed by atoms with Crippen LogP contribution in [-0.2, 0) is 24.4 Å². The van der Waals surface area contributed by atoms with Gasteiger partial charge in [0, 0.05) is 12.6 Å². The maximum absolute atomic E-state index is 13.4. The van der Waals surface area contributed by atoms with Crippen molar-refractivity contribution >= 4 is 17.1 Å². The Kier molecular flexibility index (Phi) is 6.39. The molecule has 0 aliphatic heterocycles. The summed E-state index contributed by atoms with van der Waals surface area (Å²) in [4.78, 5) is 44.1. The third-order valence-electron chi connectivity index (χ3n) is 7.71. The summed E-state index contributed by atoms with van der Waals surface area (Å²) in [5, 5.41) is 3.13. The number of carbonyl (C=O) groups excluding carboxylic acids is 1. The van der Waals surface area contributed by atoms with Gasteiger partial charge in [-0.3, -0.25) is 14.2 Å². The molecule has 8 heteroatoms. The topological polar surface area (TPSA) is 90.9 Å². The number of benzene rings is 1. The van der Waals surface area contributed by atoms with E-state index in [1.807, 2.05) is 37.3 Å². The molecule has 0 bridgehead atoms. The maximum Gasteiger partial charge on any atom is 0.333 e. The van der Waals surface area contributed by atoms with Gasteiger partial charge in [0.25, 0.3) is 5.56 Å². The summed E-state index contributed by atoms with van der Waals surface area (Å²) in [6.07, 6.45) is 9.88. The summed E-state index contributed by atoms with van der Waals surface area (Å²) < 4.78 is 4.30. The van der Waals surface area contributed by atoms with Crippen molar-refractivity contribution in [3.63, 3.8) is 0 Å². The Balaban J connectivity index is 1.42. The third-order valence-corrected chi connectivity index (χ3v) is 7.71. The van der Waals surface area contributed by atoms with Crippen molar-refractivity contribution in [1.29, 1.82) is 0 Å². The van der Waals surface area contributed by atoms with Gasteiger partial charge in [-0.1, -0.05) is 56.0 Å². The van der Waals surface area contributed by atoms with Crippen LogP contribution in [0.4, 0.5) is 0 Å². The first kappa shape index (κ1) is 22.6. The molecule has 180 valence electrons. The van der Waals surface area contributed by atoms with Crippen LogP contribution in [0.2, 0.25) is 0 Å². The summed E-state index contributed by atoms with van der Waals surface area (Å²) in [6.45, 7) is 2.48. The highest BCUT2D eigenvalue weighted by atomic mass is 16.2. The van der Waals surface area contributed by atoms with Crippen molar-refractivity contribution in [1.82, 2.24) is 24.0 Å². The van der Waals surface area contributed by atoms with Crippen LogP contribution in [0.1, 0.15) is 57.4 Å². The van der Waals surface area contributed by atoms with E-state index in [1.54, 1.807) is 10.9 Å². The lowest BCUT2D eigenvalue weighted by Gasteiger charge is -2.39. The van der Waals surface area contributed by atoms with E-state index in [-0.39, 0.29) is 25.0 Å². The van der Waals surface area contributed by atoms with Crippen molar-refractivity contribution < 1.29 is 4.79 Å². The van der Waals surface area contributed by atoms with E-state index in [0.717, 1.165) is 35.3 Å². The fourth-order valence-corrected chi connectivity index (χ4v) is 5.95. The Labute approximate surface area is 198 Å². The van der Waals surface area contributed by atoms with Crippen molar-refractivity contribution in [3.8, 4) is 0 Å². The lowest BCUT2D eigenvalue weighted by atomic mass is 9.69. The molecule has 0 spiro atoms. The van der Waals surface area contributed by atoms with Crippen LogP contribution in [0.5, 0.6) is 0 Å². The van der Waals surface area contributed by atoms with Gasteiger partial charge in [0.15, 0.2) is 11.2 Å². The Morgan fingerprint density at radius 2 is 1.79 bits per heavy atom. The quantitative estimate of drug-likeness (QED) is 0.609. The molecular formula is C26H33N5O3. The second kappa shape index (κ2) is 9.60. The molecule has 1 aromatic carbocycles. The van der Waals surface area contributed by atoms with Crippen molar-refractivity contribution in [3.05, 3.63) is 63.1 Å². The van der Waals surface area contributed by atoms with E-state index in [1.165, 1.54) is 30.3 Å². The minimum Gasteiger partial charge on any atom is -0.352 e. The van der Waals surface area contributed by atoms with Crippen molar-refractivity contribution in [2.45, 2.75) is 77.5 Å². The molecule has 8 nitrogen and oxygen atoms in total. The number of aryl methyl sites for hydroxylation is 1. The smallest absolute Gasteiger partial charge is 0.333 e. The Bertz CT molecular complexity index is 1290. The van der Waals surface area contributed by atoms with Crippen molar-refractivity contribution in [2.24, 2.45) is 11.8 Å². The van der Waals surface area contributed by atoms with Gasteiger partial charge in [0.2, 0.25) is 5.91 Å². The largest absolute Gasteiger partial charge is 0.352 e. The molecule has 2 aromatic heterocycles. The number of nitrogens with one attached hydrogen (secondary N) is 1. The van der Waals surface area contributed by atoms with E-state index < -0.39 is 11.2 Å². The van der Waals surface area contributed by atoms with Gasteiger partial charge in [-0.05, 0) is 43.6 Å². The van der Waals surface area contributed by atoms with E-state index in [0.29, 0.717) is 23.6 Å². The van der Waals surface area contributed by atoms with E-state index in [2.05, 4.69) is 10.3 Å². The predicted octanol–water partition coefficient (Wildman–Crippen LogP) is 2.90. The number of fused-ring (bicyclic) bond motifs is 2. The van der Waals surface area contributed by atoms with Crippen LogP contribution < -0.4 is 16.6 Å². The average Bonchev–Trinajstić information content (AvgIpc) is 3.29. The Hall–Kier alpha value is -3.16. The van der Waals surface area contributed by atoms with Crippen LogP contribution in [0.3, 0.4) is 0 Å². The zero-order chi connectivity index (χ0) is 23.7. The van der Waals surface area contributed by atoms with Gasteiger partial charge in [-0.2, -0.15) is 0 Å². The number of aromatic nitrogens is 4. The zero-order valence-corrected chi connectivity index (χ0v) is 19.8. The van der Waals surface area contributed by atoms with E-state index >= 15 is 0 Å². The number of imidazole rings is 1. The van der Waals surface area contributed by atoms with E-state index in [9.17, 15) is 14.4 Å². The zero-order valence-electron chi connectivity index (χ0n) is 19.8. The monoisotopic (exact) mass is 463 g/mol. The molecule has 3 aromatic rings. The first-order valence-electron chi connectivity index (χ1n) is 12.6. The first-order valence-corrected chi connectivity index (χ1v) is 12.6. The molecule has 5 rings (SSSR count). The van der Waals surface area contributed by atoms with Crippen LogP contribution in [0.25, 0.3) is 11.2 Å². The normalized spacial score (nSPS) is 22.4. The predicted molar refractivity (Wildman–Crippen MR) is 131 cm³/mol. The van der Waals surface area contributed by atoms with Crippen LogP contribution in [-0.4, -0.2) is 30.6 Å². The SMILES string of the molecule is CCn1cnc2c1c(=O)n(CC(=O)N[C@@H]1CC[C@H]3CCCC[C@H]3C1)c(=O)n2Cc1ccccc1. The van der Waals surface area contributed by atoms with Crippen LogP contribution in [0, 0.1) is 11.8 Å². The molecule has 0 radical (unpaired) electrons. The van der Waals surface area contributed by atoms with Gasteiger partial charge in [-0.25, -0.2) is 14.3 Å². The molecule has 2 fully saturated rings. The number of rotatable bonds is 6. The molecule has 2 aliphatic carbocycles. The third kappa shape index (κ3) is 4.33. The second-order valence-corrected chi connectivity index (χ2v) is 9.83. The molecule has 34 heavy (non-hydrogen) atoms. The number of hydrogen-bond donors (Lipinski definition) is 1. The number of carbonyl (C=O) groups is 1. The Morgan fingerprint density at radius 1 is 1.03 bits per heavy atom. The van der Waals surface area contributed by atoms with Crippen LogP contribution in [0.15, 0.2) is 46.2 Å². The minimum absolute atomic E-state index is 0.124. The van der Waals surface area contributed by atoms with Gasteiger partial charge in [-0.15, -0.1) is 0 Å². The molecule has 2 saturated carbocycles.